The molecule has 0 heterocycles. The van der Waals surface area contributed by atoms with Gasteiger partial charge in [-0.1, -0.05) is 0 Å². The molecule has 2 rings (SSSR count). The number of nitrogens with zero attached hydrogens (tertiary/aromatic N) is 5. The summed E-state index contributed by atoms with van der Waals surface area (Å²) in [5, 5.41) is 53.1. The first-order valence-corrected chi connectivity index (χ1v) is 6.76. The van der Waals surface area contributed by atoms with Crippen molar-refractivity contribution in [3.05, 3.63) is 67.3 Å². The summed E-state index contributed by atoms with van der Waals surface area (Å²) in [5.74, 6) is -0.284. The lowest BCUT2D eigenvalue weighted by Gasteiger charge is -2.04. The number of non-ortho nitro benzene ring substituents is 1. The number of rotatable bonds is 5. The molecule has 0 aliphatic rings. The maximum Gasteiger partial charge on any atom is 0.295 e. The lowest BCUT2D eigenvalue weighted by atomic mass is 10.1. The van der Waals surface area contributed by atoms with Crippen LogP contribution >= 0.6 is 0 Å². The molecule has 0 aromatic heterocycles. The predicted molar refractivity (Wildman–Crippen MR) is 88.5 cm³/mol. The van der Waals surface area contributed by atoms with Crippen molar-refractivity contribution in [3.8, 4) is 17.9 Å². The average Bonchev–Trinajstić information content (AvgIpc) is 2.62. The Hall–Kier alpha value is -4.51. The summed E-state index contributed by atoms with van der Waals surface area (Å²) in [5.41, 5.74) is 1.16. The van der Waals surface area contributed by atoms with Crippen molar-refractivity contribution in [3.63, 3.8) is 0 Å². The van der Waals surface area contributed by atoms with Crippen LogP contribution in [0.1, 0.15) is 16.7 Å². The van der Waals surface area contributed by atoms with Crippen LogP contribution in [0.4, 0.5) is 17.1 Å². The fourth-order valence-electron chi connectivity index (χ4n) is 1.94. The average molecular weight is 352 g/mol. The number of aromatic hydroxyl groups is 1. The summed E-state index contributed by atoms with van der Waals surface area (Å²) in [4.78, 5) is 20.4. The van der Waals surface area contributed by atoms with Gasteiger partial charge in [0.15, 0.2) is 0 Å². The normalized spacial score (nSPS) is 10.1. The van der Waals surface area contributed by atoms with Crippen molar-refractivity contribution >= 4 is 23.3 Å². The molecule has 128 valence electrons. The molecule has 0 saturated carbocycles. The van der Waals surface area contributed by atoms with Gasteiger partial charge >= 0.3 is 0 Å². The lowest BCUT2D eigenvalue weighted by molar-refractivity contribution is -0.384. The van der Waals surface area contributed by atoms with Gasteiger partial charge in [0.25, 0.3) is 11.4 Å². The molecule has 0 radical (unpaired) electrons. The molecule has 2 aromatic rings. The number of nitro groups is 2. The summed E-state index contributed by atoms with van der Waals surface area (Å²) in [6, 6.07) is 8.71. The second kappa shape index (κ2) is 7.37. The number of hydrazone groups is 1. The molecular weight excluding hydrogens is 344 g/mol. The highest BCUT2D eigenvalue weighted by Crippen LogP contribution is 2.28. The molecule has 0 amide bonds. The first kappa shape index (κ1) is 17.8. The highest BCUT2D eigenvalue weighted by Gasteiger charge is 2.18. The van der Waals surface area contributed by atoms with Crippen LogP contribution in [-0.2, 0) is 0 Å². The standard InChI is InChI=1S/C15H8N6O5/c16-6-9-4-13(14(21(25)26)5-10(9)7-17)19-18-8-11-3-12(20(23)24)1-2-15(11)22/h1-5,8,19,22H/b18-8+. The predicted octanol–water partition coefficient (Wildman–Crippen LogP) is 2.40. The van der Waals surface area contributed by atoms with Gasteiger partial charge in [0.2, 0.25) is 0 Å². The number of phenols is 1. The van der Waals surface area contributed by atoms with Gasteiger partial charge in [-0.05, 0) is 12.1 Å². The van der Waals surface area contributed by atoms with E-state index in [1.54, 1.807) is 12.1 Å². The van der Waals surface area contributed by atoms with Gasteiger partial charge < -0.3 is 5.11 Å². The summed E-state index contributed by atoms with van der Waals surface area (Å²) in [6.45, 7) is 0. The van der Waals surface area contributed by atoms with Crippen LogP contribution in [0.2, 0.25) is 0 Å². The number of nitriles is 2. The SMILES string of the molecule is N#Cc1cc(N/N=C/c2cc([N+](=O)[O-])ccc2O)c([N+](=O)[O-])cc1C#N. The second-order valence-corrected chi connectivity index (χ2v) is 4.77. The third-order valence-electron chi connectivity index (χ3n) is 3.18. The summed E-state index contributed by atoms with van der Waals surface area (Å²) in [6.07, 6.45) is 1.02. The highest BCUT2D eigenvalue weighted by atomic mass is 16.6. The van der Waals surface area contributed by atoms with Gasteiger partial charge in [0, 0.05) is 23.8 Å². The van der Waals surface area contributed by atoms with Gasteiger partial charge in [-0.15, -0.1) is 0 Å². The third kappa shape index (κ3) is 3.69. The highest BCUT2D eigenvalue weighted by molar-refractivity contribution is 5.85. The molecule has 0 aliphatic carbocycles. The van der Waals surface area contributed by atoms with Crippen LogP contribution in [0.25, 0.3) is 0 Å². The maximum absolute atomic E-state index is 11.1. The van der Waals surface area contributed by atoms with Crippen LogP contribution in [0, 0.1) is 42.9 Å². The van der Waals surface area contributed by atoms with E-state index in [1.165, 1.54) is 0 Å². The molecule has 2 N–H and O–H groups in total. The van der Waals surface area contributed by atoms with E-state index in [0.29, 0.717) is 0 Å². The molecule has 0 spiro atoms. The summed E-state index contributed by atoms with van der Waals surface area (Å²) in [7, 11) is 0. The Bertz CT molecular complexity index is 1020. The Morgan fingerprint density at radius 1 is 1.08 bits per heavy atom. The van der Waals surface area contributed by atoms with E-state index >= 15 is 0 Å². The molecule has 0 atom stereocenters. The minimum absolute atomic E-state index is 0.00325. The Morgan fingerprint density at radius 2 is 1.73 bits per heavy atom. The third-order valence-corrected chi connectivity index (χ3v) is 3.18. The van der Waals surface area contributed by atoms with Gasteiger partial charge in [-0.2, -0.15) is 15.6 Å². The summed E-state index contributed by atoms with van der Waals surface area (Å²) >= 11 is 0. The van der Waals surface area contributed by atoms with Crippen LogP contribution < -0.4 is 5.43 Å². The zero-order valence-corrected chi connectivity index (χ0v) is 12.8. The van der Waals surface area contributed by atoms with Crippen LogP contribution in [0.5, 0.6) is 5.75 Å². The molecule has 26 heavy (non-hydrogen) atoms. The zero-order chi connectivity index (χ0) is 19.3. The fraction of sp³-hybridized carbons (Fsp3) is 0. The number of hydrogen-bond donors (Lipinski definition) is 2. The minimum Gasteiger partial charge on any atom is -0.507 e. The topological polar surface area (TPSA) is 178 Å². The smallest absolute Gasteiger partial charge is 0.295 e. The quantitative estimate of drug-likeness (QED) is 0.467. The Morgan fingerprint density at radius 3 is 2.31 bits per heavy atom. The fourth-order valence-corrected chi connectivity index (χ4v) is 1.94. The van der Waals surface area contributed by atoms with E-state index in [2.05, 4.69) is 10.5 Å². The van der Waals surface area contributed by atoms with Crippen LogP contribution in [-0.4, -0.2) is 21.2 Å². The minimum atomic E-state index is -0.759. The Kier molecular flexibility index (Phi) is 5.06. The molecule has 0 bridgehead atoms. The first-order chi connectivity index (χ1) is 12.4. The maximum atomic E-state index is 11.1. The van der Waals surface area contributed by atoms with E-state index < -0.39 is 15.5 Å². The number of hydrogen-bond acceptors (Lipinski definition) is 9. The van der Waals surface area contributed by atoms with E-state index in [1.807, 2.05) is 0 Å². The number of anilines is 1. The zero-order valence-electron chi connectivity index (χ0n) is 12.8. The number of nitrogens with one attached hydrogen (secondary N) is 1. The van der Waals surface area contributed by atoms with Crippen molar-refractivity contribution in [1.82, 2.24) is 0 Å². The summed E-state index contributed by atoms with van der Waals surface area (Å²) < 4.78 is 0. The Balaban J connectivity index is 2.38. The molecule has 2 aromatic carbocycles. The molecule has 0 saturated heterocycles. The number of phenolic OH excluding ortho intramolecular Hbond substituents is 1. The van der Waals surface area contributed by atoms with Crippen molar-refractivity contribution in [2.24, 2.45) is 5.10 Å². The van der Waals surface area contributed by atoms with Crippen molar-refractivity contribution in [2.75, 3.05) is 5.43 Å². The largest absolute Gasteiger partial charge is 0.507 e. The number of nitro benzene ring substituents is 2. The van der Waals surface area contributed by atoms with Gasteiger partial charge in [-0.25, -0.2) is 0 Å². The molecule has 0 unspecified atom stereocenters. The molecule has 11 heteroatoms. The first-order valence-electron chi connectivity index (χ1n) is 6.76. The van der Waals surface area contributed by atoms with Gasteiger partial charge in [0.1, 0.15) is 23.6 Å². The van der Waals surface area contributed by atoms with E-state index in [-0.39, 0.29) is 33.8 Å². The molecule has 0 aliphatic heterocycles. The van der Waals surface area contributed by atoms with E-state index in [4.69, 9.17) is 10.5 Å². The molecular formula is C15H8N6O5. The van der Waals surface area contributed by atoms with Crippen molar-refractivity contribution in [1.29, 1.82) is 10.5 Å². The van der Waals surface area contributed by atoms with E-state index in [0.717, 1.165) is 36.5 Å². The monoisotopic (exact) mass is 352 g/mol. The van der Waals surface area contributed by atoms with Crippen LogP contribution in [0.15, 0.2) is 35.4 Å². The number of benzene rings is 2. The van der Waals surface area contributed by atoms with E-state index in [9.17, 15) is 25.3 Å². The molecule has 0 fully saturated rings. The Labute approximate surface area is 145 Å². The molecule has 11 nitrogen and oxygen atoms in total. The second-order valence-electron chi connectivity index (χ2n) is 4.77. The van der Waals surface area contributed by atoms with Gasteiger partial charge in [-0.3, -0.25) is 25.7 Å². The van der Waals surface area contributed by atoms with Crippen molar-refractivity contribution in [2.45, 2.75) is 0 Å². The van der Waals surface area contributed by atoms with Gasteiger partial charge in [0.05, 0.1) is 27.2 Å². The van der Waals surface area contributed by atoms with Crippen molar-refractivity contribution < 1.29 is 15.0 Å². The lowest BCUT2D eigenvalue weighted by Crippen LogP contribution is -2.00. The van der Waals surface area contributed by atoms with Crippen LogP contribution in [0.3, 0.4) is 0 Å².